The smallest absolute Gasteiger partial charge is 0.308 e. The maximum atomic E-state index is 12.2. The maximum absolute atomic E-state index is 12.2. The van der Waals surface area contributed by atoms with Crippen molar-refractivity contribution in [2.24, 2.45) is 0 Å². The van der Waals surface area contributed by atoms with Crippen molar-refractivity contribution in [2.45, 2.75) is 13.3 Å². The van der Waals surface area contributed by atoms with Gasteiger partial charge >= 0.3 is 5.97 Å². The zero-order valence-corrected chi connectivity index (χ0v) is 14.2. The molecule has 2 N–H and O–H groups in total. The lowest BCUT2D eigenvalue weighted by molar-refractivity contribution is -0.136. The standard InChI is InChI=1S/C18H15N3O3S/c1-11-4-6-12(7-5-11)16-14(9-15(22)23)25-18(20-16)21-17(24)13-3-2-8-19-10-13/h2-8,10H,9H2,1H3,(H,22,23)(H,20,21,24). The number of anilines is 1. The Morgan fingerprint density at radius 2 is 1.96 bits per heavy atom. The highest BCUT2D eigenvalue weighted by Gasteiger charge is 2.17. The number of benzene rings is 1. The molecule has 0 bridgehead atoms. The van der Waals surface area contributed by atoms with Crippen LogP contribution in [0.3, 0.4) is 0 Å². The predicted molar refractivity (Wildman–Crippen MR) is 95.8 cm³/mol. The fourth-order valence-corrected chi connectivity index (χ4v) is 3.24. The third-order valence-corrected chi connectivity index (χ3v) is 4.45. The van der Waals surface area contributed by atoms with Crippen LogP contribution in [0, 0.1) is 6.92 Å². The third kappa shape index (κ3) is 4.07. The van der Waals surface area contributed by atoms with Crippen molar-refractivity contribution in [1.29, 1.82) is 0 Å². The van der Waals surface area contributed by atoms with Crippen molar-refractivity contribution in [3.63, 3.8) is 0 Å². The molecule has 2 aromatic heterocycles. The Bertz CT molecular complexity index is 905. The normalized spacial score (nSPS) is 10.4. The van der Waals surface area contributed by atoms with Gasteiger partial charge in [-0.1, -0.05) is 29.8 Å². The maximum Gasteiger partial charge on any atom is 0.308 e. The number of hydrogen-bond acceptors (Lipinski definition) is 5. The van der Waals surface area contributed by atoms with Crippen molar-refractivity contribution in [1.82, 2.24) is 9.97 Å². The Morgan fingerprint density at radius 3 is 2.60 bits per heavy atom. The summed E-state index contributed by atoms with van der Waals surface area (Å²) in [7, 11) is 0. The summed E-state index contributed by atoms with van der Waals surface area (Å²) in [4.78, 5) is 32.3. The summed E-state index contributed by atoms with van der Waals surface area (Å²) in [5.41, 5.74) is 2.91. The van der Waals surface area contributed by atoms with Gasteiger partial charge in [-0.2, -0.15) is 0 Å². The average Bonchev–Trinajstić information content (AvgIpc) is 2.98. The van der Waals surface area contributed by atoms with Crippen molar-refractivity contribution >= 4 is 28.3 Å². The second-order valence-corrected chi connectivity index (χ2v) is 6.51. The minimum absolute atomic E-state index is 0.149. The summed E-state index contributed by atoms with van der Waals surface area (Å²) in [6.45, 7) is 1.97. The van der Waals surface area contributed by atoms with E-state index in [2.05, 4.69) is 15.3 Å². The number of aryl methyl sites for hydroxylation is 1. The summed E-state index contributed by atoms with van der Waals surface area (Å²) in [6.07, 6.45) is 2.90. The first-order chi connectivity index (χ1) is 12.0. The minimum Gasteiger partial charge on any atom is -0.481 e. The fraction of sp³-hybridized carbons (Fsp3) is 0.111. The fourth-order valence-electron chi connectivity index (χ4n) is 2.27. The first-order valence-electron chi connectivity index (χ1n) is 7.53. The van der Waals surface area contributed by atoms with Crippen LogP contribution in [0.5, 0.6) is 0 Å². The van der Waals surface area contributed by atoms with Crippen molar-refractivity contribution in [3.05, 3.63) is 64.8 Å². The molecule has 0 saturated carbocycles. The van der Waals surface area contributed by atoms with Gasteiger partial charge in [-0.3, -0.25) is 19.9 Å². The average molecular weight is 353 g/mol. The lowest BCUT2D eigenvalue weighted by Gasteiger charge is -2.01. The van der Waals surface area contributed by atoms with Gasteiger partial charge in [0.1, 0.15) is 0 Å². The minimum atomic E-state index is -0.942. The number of rotatable bonds is 5. The van der Waals surface area contributed by atoms with Crippen molar-refractivity contribution in [3.8, 4) is 11.3 Å². The third-order valence-electron chi connectivity index (χ3n) is 3.48. The van der Waals surface area contributed by atoms with Crippen LogP contribution in [0.25, 0.3) is 11.3 Å². The van der Waals surface area contributed by atoms with Gasteiger partial charge < -0.3 is 5.11 Å². The van der Waals surface area contributed by atoms with Gasteiger partial charge in [0.25, 0.3) is 5.91 Å². The van der Waals surface area contributed by atoms with Crippen LogP contribution in [0.4, 0.5) is 5.13 Å². The molecule has 0 spiro atoms. The number of pyridine rings is 1. The van der Waals surface area contributed by atoms with Crippen molar-refractivity contribution < 1.29 is 14.7 Å². The first-order valence-corrected chi connectivity index (χ1v) is 8.34. The van der Waals surface area contributed by atoms with Crippen LogP contribution in [0.2, 0.25) is 0 Å². The summed E-state index contributed by atoms with van der Waals surface area (Å²) in [5, 5.41) is 12.2. The van der Waals surface area contributed by atoms with E-state index in [0.29, 0.717) is 21.3 Å². The highest BCUT2D eigenvalue weighted by molar-refractivity contribution is 7.16. The van der Waals surface area contributed by atoms with E-state index in [0.717, 1.165) is 11.1 Å². The van der Waals surface area contributed by atoms with Crippen LogP contribution < -0.4 is 5.32 Å². The molecule has 0 saturated heterocycles. The van der Waals surface area contributed by atoms with E-state index in [1.165, 1.54) is 17.5 Å². The summed E-state index contributed by atoms with van der Waals surface area (Å²) < 4.78 is 0. The molecule has 3 rings (SSSR count). The lowest BCUT2D eigenvalue weighted by Crippen LogP contribution is -2.11. The molecule has 2 heterocycles. The Kier molecular flexibility index (Phi) is 4.85. The molecule has 0 aliphatic heterocycles. The Morgan fingerprint density at radius 1 is 1.20 bits per heavy atom. The number of carbonyl (C=O) groups is 2. The van der Waals surface area contributed by atoms with Gasteiger partial charge in [0, 0.05) is 22.8 Å². The summed E-state index contributed by atoms with van der Waals surface area (Å²) in [5.74, 6) is -1.28. The number of carboxylic acids is 1. The molecule has 0 fully saturated rings. The highest BCUT2D eigenvalue weighted by Crippen LogP contribution is 2.32. The number of carboxylic acid groups (broad SMARTS) is 1. The zero-order chi connectivity index (χ0) is 17.8. The Balaban J connectivity index is 1.91. The van der Waals surface area contributed by atoms with Gasteiger partial charge in [-0.05, 0) is 19.1 Å². The number of nitrogens with zero attached hydrogens (tertiary/aromatic N) is 2. The van der Waals surface area contributed by atoms with Gasteiger partial charge in [0.15, 0.2) is 5.13 Å². The van der Waals surface area contributed by atoms with E-state index in [9.17, 15) is 9.59 Å². The monoisotopic (exact) mass is 353 g/mol. The Labute approximate surface area is 148 Å². The summed E-state index contributed by atoms with van der Waals surface area (Å²) >= 11 is 1.17. The van der Waals surface area contributed by atoms with Gasteiger partial charge in [0.05, 0.1) is 17.7 Å². The van der Waals surface area contributed by atoms with Crippen LogP contribution in [0.1, 0.15) is 20.8 Å². The molecule has 1 aromatic carbocycles. The lowest BCUT2D eigenvalue weighted by atomic mass is 10.1. The molecule has 7 heteroatoms. The number of nitrogens with one attached hydrogen (secondary N) is 1. The highest BCUT2D eigenvalue weighted by atomic mass is 32.1. The predicted octanol–water partition coefficient (Wildman–Crippen LogP) is 3.39. The first kappa shape index (κ1) is 16.8. The molecule has 0 atom stereocenters. The topological polar surface area (TPSA) is 92.2 Å². The van der Waals surface area contributed by atoms with Gasteiger partial charge in [-0.25, -0.2) is 4.98 Å². The molecule has 25 heavy (non-hydrogen) atoms. The quantitative estimate of drug-likeness (QED) is 0.733. The Hall–Kier alpha value is -3.06. The van der Waals surface area contributed by atoms with E-state index in [1.54, 1.807) is 18.3 Å². The molecule has 0 aliphatic rings. The molecular formula is C18H15N3O3S. The van der Waals surface area contributed by atoms with Crippen LogP contribution >= 0.6 is 11.3 Å². The zero-order valence-electron chi connectivity index (χ0n) is 13.4. The molecule has 0 unspecified atom stereocenters. The number of aliphatic carboxylic acids is 1. The molecule has 126 valence electrons. The second-order valence-electron chi connectivity index (χ2n) is 5.42. The van der Waals surface area contributed by atoms with E-state index in [1.807, 2.05) is 31.2 Å². The van der Waals surface area contributed by atoms with Gasteiger partial charge in [0.2, 0.25) is 0 Å². The number of thiazole rings is 1. The van der Waals surface area contributed by atoms with Crippen molar-refractivity contribution in [2.75, 3.05) is 5.32 Å². The molecule has 1 amide bonds. The molecule has 0 radical (unpaired) electrons. The number of aromatic nitrogens is 2. The van der Waals surface area contributed by atoms with Crippen LogP contribution in [-0.4, -0.2) is 27.0 Å². The van der Waals surface area contributed by atoms with E-state index >= 15 is 0 Å². The molecule has 0 aliphatic carbocycles. The number of hydrogen-bond donors (Lipinski definition) is 2. The van der Waals surface area contributed by atoms with Crippen LogP contribution in [0.15, 0.2) is 48.8 Å². The largest absolute Gasteiger partial charge is 0.481 e. The molecule has 3 aromatic rings. The van der Waals surface area contributed by atoms with E-state index in [-0.39, 0.29) is 12.3 Å². The van der Waals surface area contributed by atoms with E-state index < -0.39 is 5.97 Å². The second kappa shape index (κ2) is 7.23. The summed E-state index contributed by atoms with van der Waals surface area (Å²) in [6, 6.07) is 11.0. The van der Waals surface area contributed by atoms with E-state index in [4.69, 9.17) is 5.11 Å². The van der Waals surface area contributed by atoms with Gasteiger partial charge in [-0.15, -0.1) is 11.3 Å². The number of carbonyl (C=O) groups excluding carboxylic acids is 1. The number of amides is 1. The molecule has 6 nitrogen and oxygen atoms in total. The molecular weight excluding hydrogens is 338 g/mol. The SMILES string of the molecule is Cc1ccc(-c2nc(NC(=O)c3cccnc3)sc2CC(=O)O)cc1. The van der Waals surface area contributed by atoms with Crippen LogP contribution in [-0.2, 0) is 11.2 Å².